The first kappa shape index (κ1) is 26.8. The number of nitriles is 1. The molecule has 0 bridgehead atoms. The van der Waals surface area contributed by atoms with Gasteiger partial charge in [0.25, 0.3) is 0 Å². The summed E-state index contributed by atoms with van der Waals surface area (Å²) in [5, 5.41) is 14.9. The van der Waals surface area contributed by atoms with Crippen LogP contribution in [0.5, 0.6) is 0 Å². The molecule has 2 N–H and O–H groups in total. The number of rotatable bonds is 6. The largest absolute Gasteiger partial charge is 0.383 e. The van der Waals surface area contributed by atoms with Crippen LogP contribution in [0.3, 0.4) is 0 Å². The summed E-state index contributed by atoms with van der Waals surface area (Å²) in [4.78, 5) is 10.7. The number of fused-ring (bicyclic) bond motifs is 1. The molecular formula is C31H29F2N7. The van der Waals surface area contributed by atoms with Gasteiger partial charge >= 0.3 is 0 Å². The number of aromatic nitrogens is 4. The third-order valence-electron chi connectivity index (χ3n) is 7.29. The molecule has 1 fully saturated rings. The summed E-state index contributed by atoms with van der Waals surface area (Å²) < 4.78 is 31.2. The molecule has 2 aromatic carbocycles. The highest BCUT2D eigenvalue weighted by Gasteiger charge is 2.29. The maximum absolute atomic E-state index is 15.7. The minimum absolute atomic E-state index is 0.108. The fourth-order valence-corrected chi connectivity index (χ4v) is 5.20. The highest BCUT2D eigenvalue weighted by atomic mass is 19.1. The second kappa shape index (κ2) is 10.7. The Morgan fingerprint density at radius 2 is 1.88 bits per heavy atom. The van der Waals surface area contributed by atoms with E-state index < -0.39 is 11.6 Å². The van der Waals surface area contributed by atoms with Crippen molar-refractivity contribution in [1.82, 2.24) is 24.6 Å². The minimum atomic E-state index is -0.522. The van der Waals surface area contributed by atoms with Crippen molar-refractivity contribution in [3.8, 4) is 17.3 Å². The monoisotopic (exact) mass is 537 g/mol. The zero-order valence-corrected chi connectivity index (χ0v) is 22.5. The van der Waals surface area contributed by atoms with Crippen LogP contribution in [0.25, 0.3) is 27.9 Å². The van der Waals surface area contributed by atoms with Crippen LogP contribution in [0, 0.1) is 23.0 Å². The molecule has 0 aliphatic carbocycles. The molecule has 0 radical (unpaired) electrons. The van der Waals surface area contributed by atoms with E-state index in [1.165, 1.54) is 24.5 Å². The molecule has 1 aliphatic heterocycles. The number of likely N-dealkylation sites (tertiary alicyclic amines) is 1. The quantitative estimate of drug-likeness (QED) is 0.225. The SMILES string of the molecule is C=C(c1cccc(F)c1)c1ccc(-c2nn(C3CCCN(C(=C)C(C#N)=C(C)C)C3)c3ncnc(N)c23)c(F)c1. The Kier molecular flexibility index (Phi) is 7.18. The predicted octanol–water partition coefficient (Wildman–Crippen LogP) is 6.43. The van der Waals surface area contributed by atoms with Crippen molar-refractivity contribution in [1.29, 1.82) is 5.26 Å². The number of piperidine rings is 1. The van der Waals surface area contributed by atoms with Gasteiger partial charge in [0.2, 0.25) is 0 Å². The van der Waals surface area contributed by atoms with E-state index in [0.717, 1.165) is 25.0 Å². The topological polar surface area (TPSA) is 96.6 Å². The van der Waals surface area contributed by atoms with Gasteiger partial charge in [0.1, 0.15) is 35.5 Å². The van der Waals surface area contributed by atoms with Gasteiger partial charge in [-0.1, -0.05) is 36.9 Å². The first-order valence-corrected chi connectivity index (χ1v) is 12.9. The van der Waals surface area contributed by atoms with Crippen LogP contribution < -0.4 is 5.73 Å². The van der Waals surface area contributed by atoms with Gasteiger partial charge in [-0.2, -0.15) is 10.4 Å². The molecule has 9 heteroatoms. The lowest BCUT2D eigenvalue weighted by molar-refractivity contribution is 0.216. The molecule has 0 saturated carbocycles. The van der Waals surface area contributed by atoms with E-state index >= 15 is 4.39 Å². The summed E-state index contributed by atoms with van der Waals surface area (Å²) in [5.41, 5.74) is 11.1. The fraction of sp³-hybridized carbons (Fsp3) is 0.226. The predicted molar refractivity (Wildman–Crippen MR) is 153 cm³/mol. The van der Waals surface area contributed by atoms with Crippen molar-refractivity contribution in [2.24, 2.45) is 0 Å². The molecular weight excluding hydrogens is 508 g/mol. The molecule has 1 aliphatic rings. The Bertz CT molecular complexity index is 1720. The second-order valence-electron chi connectivity index (χ2n) is 10.1. The Labute approximate surface area is 231 Å². The molecule has 4 aromatic rings. The van der Waals surface area contributed by atoms with Gasteiger partial charge in [0, 0.05) is 24.4 Å². The molecule has 202 valence electrons. The molecule has 1 atom stereocenters. The van der Waals surface area contributed by atoms with Crippen molar-refractivity contribution in [2.45, 2.75) is 32.7 Å². The molecule has 5 rings (SSSR count). The maximum Gasteiger partial charge on any atom is 0.164 e. The lowest BCUT2D eigenvalue weighted by atomic mass is 9.97. The summed E-state index contributed by atoms with van der Waals surface area (Å²) in [6, 6.07) is 12.9. The molecule has 3 heterocycles. The van der Waals surface area contributed by atoms with E-state index in [1.54, 1.807) is 28.9 Å². The first-order valence-electron chi connectivity index (χ1n) is 12.9. The maximum atomic E-state index is 15.7. The second-order valence-corrected chi connectivity index (χ2v) is 10.1. The zero-order valence-electron chi connectivity index (χ0n) is 22.5. The lowest BCUT2D eigenvalue weighted by Gasteiger charge is -2.35. The molecule has 0 spiro atoms. The third kappa shape index (κ3) is 4.84. The van der Waals surface area contributed by atoms with Crippen molar-refractivity contribution in [3.63, 3.8) is 0 Å². The van der Waals surface area contributed by atoms with E-state index in [9.17, 15) is 9.65 Å². The number of benzene rings is 2. The first-order chi connectivity index (χ1) is 19.2. The molecule has 7 nitrogen and oxygen atoms in total. The lowest BCUT2D eigenvalue weighted by Crippen LogP contribution is -2.36. The Morgan fingerprint density at radius 3 is 2.58 bits per heavy atom. The van der Waals surface area contributed by atoms with Crippen LogP contribution in [0.1, 0.15) is 43.9 Å². The summed E-state index contributed by atoms with van der Waals surface area (Å²) in [7, 11) is 0. The van der Waals surface area contributed by atoms with Crippen LogP contribution in [0.2, 0.25) is 0 Å². The fourth-order valence-electron chi connectivity index (χ4n) is 5.20. The van der Waals surface area contributed by atoms with Crippen LogP contribution in [-0.4, -0.2) is 37.7 Å². The van der Waals surface area contributed by atoms with Crippen molar-refractivity contribution < 1.29 is 8.78 Å². The molecule has 1 unspecified atom stereocenters. The summed E-state index contributed by atoms with van der Waals surface area (Å²) in [6.45, 7) is 13.3. The Balaban J connectivity index is 1.53. The average Bonchev–Trinajstić information content (AvgIpc) is 3.33. The van der Waals surface area contributed by atoms with Gasteiger partial charge in [-0.3, -0.25) is 0 Å². The van der Waals surface area contributed by atoms with E-state index in [0.29, 0.717) is 51.2 Å². The van der Waals surface area contributed by atoms with Crippen LogP contribution in [-0.2, 0) is 0 Å². The van der Waals surface area contributed by atoms with Crippen LogP contribution in [0.15, 0.2) is 78.8 Å². The van der Waals surface area contributed by atoms with Gasteiger partial charge < -0.3 is 10.6 Å². The number of allylic oxidation sites excluding steroid dienone is 2. The normalized spacial score (nSPS) is 15.1. The summed E-state index contributed by atoms with van der Waals surface area (Å²) >= 11 is 0. The number of nitrogen functional groups attached to an aromatic ring is 1. The van der Waals surface area contributed by atoms with Gasteiger partial charge in [-0.25, -0.2) is 23.4 Å². The summed E-state index contributed by atoms with van der Waals surface area (Å²) in [6.07, 6.45) is 3.04. The third-order valence-corrected chi connectivity index (χ3v) is 7.29. The van der Waals surface area contributed by atoms with Crippen LogP contribution >= 0.6 is 0 Å². The van der Waals surface area contributed by atoms with Gasteiger partial charge in [0.15, 0.2) is 5.65 Å². The molecule has 2 aromatic heterocycles. The average molecular weight is 538 g/mol. The van der Waals surface area contributed by atoms with E-state index in [4.69, 9.17) is 10.8 Å². The van der Waals surface area contributed by atoms with Crippen molar-refractivity contribution >= 4 is 22.4 Å². The van der Waals surface area contributed by atoms with Crippen LogP contribution in [0.4, 0.5) is 14.6 Å². The highest BCUT2D eigenvalue weighted by Crippen LogP contribution is 2.36. The van der Waals surface area contributed by atoms with E-state index in [-0.39, 0.29) is 17.4 Å². The number of nitrogens with two attached hydrogens (primary N) is 1. The van der Waals surface area contributed by atoms with Crippen molar-refractivity contribution in [3.05, 3.63) is 102 Å². The Morgan fingerprint density at radius 1 is 1.10 bits per heavy atom. The molecule has 40 heavy (non-hydrogen) atoms. The molecule has 0 amide bonds. The number of hydrogen-bond donors (Lipinski definition) is 1. The standard InChI is InChI=1S/C31H29F2N7/c1-18(2)26(15-34)20(4)39-12-6-9-24(16-39)40-31-28(30(35)36-17-37-31)29(38-40)25-11-10-22(14-27(25)33)19(3)21-7-5-8-23(32)13-21/h5,7-8,10-11,13-14,17,24H,3-4,6,9,12,16H2,1-2H3,(H2,35,36,37). The van der Waals surface area contributed by atoms with Crippen molar-refractivity contribution in [2.75, 3.05) is 18.8 Å². The van der Waals surface area contributed by atoms with Gasteiger partial charge in [-0.15, -0.1) is 0 Å². The zero-order chi connectivity index (χ0) is 28.6. The summed E-state index contributed by atoms with van der Waals surface area (Å²) in [5.74, 6) is -0.712. The minimum Gasteiger partial charge on any atom is -0.383 e. The van der Waals surface area contributed by atoms with Gasteiger partial charge in [-0.05, 0) is 67.7 Å². The number of anilines is 1. The van der Waals surface area contributed by atoms with Gasteiger partial charge in [0.05, 0.1) is 17.0 Å². The highest BCUT2D eigenvalue weighted by molar-refractivity contribution is 5.98. The van der Waals surface area contributed by atoms with E-state index in [1.807, 2.05) is 13.8 Å². The number of halogens is 2. The number of hydrogen-bond acceptors (Lipinski definition) is 6. The van der Waals surface area contributed by atoms with E-state index in [2.05, 4.69) is 34.1 Å². The number of nitrogens with zero attached hydrogens (tertiary/aromatic N) is 6. The smallest absolute Gasteiger partial charge is 0.164 e. The molecule has 1 saturated heterocycles. The Hall–Kier alpha value is -4.84.